The molecule has 92 valence electrons. The van der Waals surface area contributed by atoms with Crippen LogP contribution >= 0.6 is 23.2 Å². The molecule has 3 saturated heterocycles. The standard InChI is InChI=1S/C13H16Cl2N2/c14-10-1-2-11(15)12(7-10)16-13-8-17-5-3-9(13)4-6-17/h1-2,7,9,13,16H,3-6,8H2. The van der Waals surface area contributed by atoms with E-state index in [1.165, 1.54) is 25.9 Å². The van der Waals surface area contributed by atoms with Crippen LogP contribution in [0.2, 0.25) is 10.0 Å². The van der Waals surface area contributed by atoms with Crippen molar-refractivity contribution in [3.05, 3.63) is 28.2 Å². The maximum Gasteiger partial charge on any atom is 0.0638 e. The molecule has 0 saturated carbocycles. The molecule has 1 N–H and O–H groups in total. The number of nitrogens with zero attached hydrogens (tertiary/aromatic N) is 1. The molecule has 4 rings (SSSR count). The second-order valence-electron chi connectivity index (χ2n) is 5.01. The second kappa shape index (κ2) is 4.68. The quantitative estimate of drug-likeness (QED) is 0.885. The number of anilines is 1. The maximum absolute atomic E-state index is 6.18. The van der Waals surface area contributed by atoms with E-state index in [2.05, 4.69) is 10.2 Å². The summed E-state index contributed by atoms with van der Waals surface area (Å²) in [4.78, 5) is 2.52. The molecule has 1 aromatic rings. The zero-order valence-corrected chi connectivity index (χ0v) is 11.1. The van der Waals surface area contributed by atoms with E-state index in [0.717, 1.165) is 28.2 Å². The molecule has 0 amide bonds. The van der Waals surface area contributed by atoms with E-state index in [1.807, 2.05) is 18.2 Å². The van der Waals surface area contributed by atoms with Crippen LogP contribution in [0.1, 0.15) is 12.8 Å². The van der Waals surface area contributed by atoms with Crippen molar-refractivity contribution in [1.82, 2.24) is 4.90 Å². The fourth-order valence-corrected chi connectivity index (χ4v) is 3.28. The van der Waals surface area contributed by atoms with E-state index in [4.69, 9.17) is 23.2 Å². The van der Waals surface area contributed by atoms with Gasteiger partial charge >= 0.3 is 0 Å². The lowest BCUT2D eigenvalue weighted by molar-refractivity contribution is 0.0975. The average Bonchev–Trinajstić information content (AvgIpc) is 2.35. The predicted molar refractivity (Wildman–Crippen MR) is 73.0 cm³/mol. The molecule has 4 heteroatoms. The van der Waals surface area contributed by atoms with Gasteiger partial charge in [-0.3, -0.25) is 0 Å². The van der Waals surface area contributed by atoms with Gasteiger partial charge in [0.15, 0.2) is 0 Å². The zero-order valence-electron chi connectivity index (χ0n) is 9.63. The summed E-state index contributed by atoms with van der Waals surface area (Å²) < 4.78 is 0. The summed E-state index contributed by atoms with van der Waals surface area (Å²) in [5.41, 5.74) is 0.970. The van der Waals surface area contributed by atoms with Crippen LogP contribution in [-0.4, -0.2) is 30.6 Å². The van der Waals surface area contributed by atoms with Gasteiger partial charge < -0.3 is 10.2 Å². The molecular formula is C13H16Cl2N2. The van der Waals surface area contributed by atoms with Gasteiger partial charge in [-0.05, 0) is 50.0 Å². The van der Waals surface area contributed by atoms with Crippen LogP contribution in [0.5, 0.6) is 0 Å². The molecule has 1 atom stereocenters. The Hall–Kier alpha value is -0.440. The highest BCUT2D eigenvalue weighted by atomic mass is 35.5. The molecule has 3 heterocycles. The number of hydrogen-bond donors (Lipinski definition) is 1. The lowest BCUT2D eigenvalue weighted by atomic mass is 9.84. The molecule has 0 radical (unpaired) electrons. The number of piperidine rings is 3. The summed E-state index contributed by atoms with van der Waals surface area (Å²) in [6, 6.07) is 6.12. The van der Waals surface area contributed by atoms with Gasteiger partial charge in [-0.1, -0.05) is 23.2 Å². The zero-order chi connectivity index (χ0) is 11.8. The van der Waals surface area contributed by atoms with Crippen molar-refractivity contribution in [2.24, 2.45) is 5.92 Å². The largest absolute Gasteiger partial charge is 0.379 e. The molecular weight excluding hydrogens is 255 g/mol. The molecule has 0 aromatic heterocycles. The van der Waals surface area contributed by atoms with Crippen LogP contribution < -0.4 is 5.32 Å². The summed E-state index contributed by atoms with van der Waals surface area (Å²) in [5.74, 6) is 0.787. The van der Waals surface area contributed by atoms with Crippen LogP contribution in [0.15, 0.2) is 18.2 Å². The van der Waals surface area contributed by atoms with Crippen LogP contribution in [0, 0.1) is 5.92 Å². The first-order valence-corrected chi connectivity index (χ1v) is 6.92. The highest BCUT2D eigenvalue weighted by Gasteiger charge is 2.34. The highest BCUT2D eigenvalue weighted by molar-refractivity contribution is 6.35. The van der Waals surface area contributed by atoms with Gasteiger partial charge in [0.1, 0.15) is 0 Å². The topological polar surface area (TPSA) is 15.3 Å². The number of fused-ring (bicyclic) bond motifs is 3. The lowest BCUT2D eigenvalue weighted by Crippen LogP contribution is -2.53. The third-order valence-corrected chi connectivity index (χ3v) is 4.49. The normalized spacial score (nSPS) is 31.5. The van der Waals surface area contributed by atoms with Gasteiger partial charge in [0.2, 0.25) is 0 Å². The van der Waals surface area contributed by atoms with Gasteiger partial charge in [0, 0.05) is 17.6 Å². The molecule has 2 nitrogen and oxygen atoms in total. The molecule has 2 bridgehead atoms. The van der Waals surface area contributed by atoms with Gasteiger partial charge in [0.05, 0.1) is 10.7 Å². The number of rotatable bonds is 2. The maximum atomic E-state index is 6.18. The highest BCUT2D eigenvalue weighted by Crippen LogP contribution is 2.32. The summed E-state index contributed by atoms with van der Waals surface area (Å²) in [6.45, 7) is 3.64. The Balaban J connectivity index is 1.76. The van der Waals surface area contributed by atoms with Crippen molar-refractivity contribution in [2.45, 2.75) is 18.9 Å². The summed E-state index contributed by atoms with van der Waals surface area (Å²) >= 11 is 12.2. The number of benzene rings is 1. The van der Waals surface area contributed by atoms with E-state index in [0.29, 0.717) is 6.04 Å². The Morgan fingerprint density at radius 2 is 1.94 bits per heavy atom. The molecule has 1 unspecified atom stereocenters. The Kier molecular flexibility index (Phi) is 3.20. The third kappa shape index (κ3) is 2.40. The SMILES string of the molecule is Clc1ccc(Cl)c(NC2CN3CCC2CC3)c1. The van der Waals surface area contributed by atoms with E-state index >= 15 is 0 Å². The summed E-state index contributed by atoms with van der Waals surface area (Å²) in [6.07, 6.45) is 2.60. The smallest absolute Gasteiger partial charge is 0.0638 e. The first kappa shape index (κ1) is 11.6. The van der Waals surface area contributed by atoms with Gasteiger partial charge in [-0.2, -0.15) is 0 Å². The number of nitrogens with one attached hydrogen (secondary N) is 1. The first-order valence-electron chi connectivity index (χ1n) is 6.16. The van der Waals surface area contributed by atoms with Crippen molar-refractivity contribution < 1.29 is 0 Å². The van der Waals surface area contributed by atoms with Gasteiger partial charge in [-0.15, -0.1) is 0 Å². The lowest BCUT2D eigenvalue weighted by Gasteiger charge is -2.45. The van der Waals surface area contributed by atoms with Crippen molar-refractivity contribution >= 4 is 28.9 Å². The monoisotopic (exact) mass is 270 g/mol. The van der Waals surface area contributed by atoms with Gasteiger partial charge in [0.25, 0.3) is 0 Å². The minimum absolute atomic E-state index is 0.522. The van der Waals surface area contributed by atoms with E-state index < -0.39 is 0 Å². The number of halogens is 2. The van der Waals surface area contributed by atoms with Gasteiger partial charge in [-0.25, -0.2) is 0 Å². The molecule has 0 spiro atoms. The van der Waals surface area contributed by atoms with E-state index in [9.17, 15) is 0 Å². The molecule has 3 fully saturated rings. The third-order valence-electron chi connectivity index (χ3n) is 3.93. The first-order chi connectivity index (χ1) is 8.22. The van der Waals surface area contributed by atoms with Crippen molar-refractivity contribution in [3.63, 3.8) is 0 Å². The van der Waals surface area contributed by atoms with Crippen LogP contribution in [-0.2, 0) is 0 Å². The Morgan fingerprint density at radius 3 is 2.59 bits per heavy atom. The summed E-state index contributed by atoms with van der Waals surface area (Å²) in [7, 11) is 0. The van der Waals surface area contributed by atoms with Crippen LogP contribution in [0.4, 0.5) is 5.69 Å². The van der Waals surface area contributed by atoms with Crippen LogP contribution in [0.3, 0.4) is 0 Å². The minimum atomic E-state index is 0.522. The second-order valence-corrected chi connectivity index (χ2v) is 5.86. The molecule has 1 aromatic carbocycles. The minimum Gasteiger partial charge on any atom is -0.379 e. The molecule has 17 heavy (non-hydrogen) atoms. The average molecular weight is 271 g/mol. The van der Waals surface area contributed by atoms with E-state index in [-0.39, 0.29) is 0 Å². The molecule has 3 aliphatic heterocycles. The molecule has 0 aliphatic carbocycles. The fourth-order valence-electron chi connectivity index (χ4n) is 2.94. The predicted octanol–water partition coefficient (Wildman–Crippen LogP) is 3.50. The van der Waals surface area contributed by atoms with Crippen molar-refractivity contribution in [3.8, 4) is 0 Å². The van der Waals surface area contributed by atoms with Crippen molar-refractivity contribution in [1.29, 1.82) is 0 Å². The molecule has 3 aliphatic rings. The fraction of sp³-hybridized carbons (Fsp3) is 0.538. The van der Waals surface area contributed by atoms with Crippen molar-refractivity contribution in [2.75, 3.05) is 25.0 Å². The number of hydrogen-bond acceptors (Lipinski definition) is 2. The Morgan fingerprint density at radius 1 is 1.18 bits per heavy atom. The summed E-state index contributed by atoms with van der Waals surface area (Å²) in [5, 5.41) is 5.05. The van der Waals surface area contributed by atoms with Crippen LogP contribution in [0.25, 0.3) is 0 Å². The Labute approximate surface area is 112 Å². The Bertz CT molecular complexity index is 414. The van der Waals surface area contributed by atoms with E-state index in [1.54, 1.807) is 0 Å².